The van der Waals surface area contributed by atoms with Crippen molar-refractivity contribution in [3.05, 3.63) is 0 Å². The molecule has 1 fully saturated rings. The Kier molecular flexibility index (Phi) is 6.80. The molecule has 0 amide bonds. The third-order valence-corrected chi connectivity index (χ3v) is 4.24. The molecule has 2 heteroatoms. The molecule has 1 aliphatic carbocycles. The summed E-state index contributed by atoms with van der Waals surface area (Å²) in [5.41, 5.74) is 0. The summed E-state index contributed by atoms with van der Waals surface area (Å²) >= 11 is 0. The van der Waals surface area contributed by atoms with Crippen LogP contribution in [0.5, 0.6) is 0 Å². The van der Waals surface area contributed by atoms with Crippen molar-refractivity contribution in [2.75, 3.05) is 19.6 Å². The van der Waals surface area contributed by atoms with Gasteiger partial charge in [0.05, 0.1) is 25.7 Å². The third kappa shape index (κ3) is 2.87. The molecule has 0 aromatic rings. The van der Waals surface area contributed by atoms with Crippen LogP contribution in [0, 0.1) is 0 Å². The first-order chi connectivity index (χ1) is 6.29. The van der Waals surface area contributed by atoms with Gasteiger partial charge in [0.15, 0.2) is 0 Å². The lowest BCUT2D eigenvalue weighted by Gasteiger charge is -2.44. The largest absolute Gasteiger partial charge is 1.00 e. The summed E-state index contributed by atoms with van der Waals surface area (Å²) in [6, 6.07) is 0.980. The number of hydrogen-bond donors (Lipinski definition) is 0. The highest BCUT2D eigenvalue weighted by Gasteiger charge is 2.32. The number of quaternary nitrogens is 1. The van der Waals surface area contributed by atoms with E-state index in [0.717, 1.165) is 6.04 Å². The molecule has 0 spiro atoms. The van der Waals surface area contributed by atoms with Gasteiger partial charge in [-0.3, -0.25) is 0 Å². The molecule has 1 nitrogen and oxygen atoms in total. The summed E-state index contributed by atoms with van der Waals surface area (Å²) < 4.78 is 1.38. The van der Waals surface area contributed by atoms with Gasteiger partial charge in [-0.05, 0) is 46.5 Å². The molecule has 1 aliphatic rings. The topological polar surface area (TPSA) is 0 Å². The minimum absolute atomic E-state index is 0. The lowest BCUT2D eigenvalue weighted by molar-refractivity contribution is -0.947. The van der Waals surface area contributed by atoms with Crippen LogP contribution >= 0.6 is 0 Å². The van der Waals surface area contributed by atoms with E-state index in [1.807, 2.05) is 0 Å². The molecule has 0 aliphatic heterocycles. The molecule has 1 saturated carbocycles. The van der Waals surface area contributed by atoms with Crippen molar-refractivity contribution in [3.8, 4) is 0 Å². The van der Waals surface area contributed by atoms with Crippen molar-refractivity contribution in [2.45, 2.75) is 58.9 Å². The fraction of sp³-hybridized carbons (Fsp3) is 1.00. The first kappa shape index (κ1) is 14.2. The van der Waals surface area contributed by atoms with Crippen LogP contribution in [0.15, 0.2) is 0 Å². The Morgan fingerprint density at radius 3 is 1.64 bits per heavy atom. The molecule has 1 rings (SSSR count). The minimum atomic E-state index is 0. The van der Waals surface area contributed by atoms with E-state index in [1.165, 1.54) is 56.2 Å². The zero-order chi connectivity index (χ0) is 9.73. The highest BCUT2D eigenvalue weighted by Crippen LogP contribution is 2.27. The van der Waals surface area contributed by atoms with Gasteiger partial charge in [0, 0.05) is 0 Å². The Bertz CT molecular complexity index is 129. The Hall–Kier alpha value is 0.250. The Morgan fingerprint density at radius 1 is 0.857 bits per heavy atom. The van der Waals surface area contributed by atoms with Crippen LogP contribution in [0.3, 0.4) is 0 Å². The highest BCUT2D eigenvalue weighted by molar-refractivity contribution is 4.66. The van der Waals surface area contributed by atoms with E-state index in [-0.39, 0.29) is 12.4 Å². The fourth-order valence-electron chi connectivity index (χ4n) is 3.07. The molecular formula is C12H26ClN. The second-order valence-corrected chi connectivity index (χ2v) is 4.46. The van der Waals surface area contributed by atoms with Crippen LogP contribution in [0.4, 0.5) is 0 Å². The summed E-state index contributed by atoms with van der Waals surface area (Å²) in [4.78, 5) is 0. The second-order valence-electron chi connectivity index (χ2n) is 4.46. The lowest BCUT2D eigenvalue weighted by Crippen LogP contribution is -3.00. The molecule has 14 heavy (non-hydrogen) atoms. The van der Waals surface area contributed by atoms with Crippen LogP contribution in [0.25, 0.3) is 0 Å². The van der Waals surface area contributed by atoms with Gasteiger partial charge in [0.2, 0.25) is 0 Å². The van der Waals surface area contributed by atoms with E-state index in [9.17, 15) is 0 Å². The predicted molar refractivity (Wildman–Crippen MR) is 58.8 cm³/mol. The van der Waals surface area contributed by atoms with E-state index in [4.69, 9.17) is 0 Å². The number of rotatable bonds is 4. The van der Waals surface area contributed by atoms with Crippen molar-refractivity contribution in [3.63, 3.8) is 0 Å². The summed E-state index contributed by atoms with van der Waals surface area (Å²) in [6.45, 7) is 11.1. The SMILES string of the molecule is CC[N+](CC)(CC)C1CCCCC1.[Cl-]. The Balaban J connectivity index is 0.00000169. The lowest BCUT2D eigenvalue weighted by atomic mass is 9.92. The van der Waals surface area contributed by atoms with Crippen molar-refractivity contribution in [1.29, 1.82) is 0 Å². The van der Waals surface area contributed by atoms with Crippen LogP contribution in [-0.4, -0.2) is 30.2 Å². The van der Waals surface area contributed by atoms with Crippen LogP contribution < -0.4 is 12.4 Å². The second kappa shape index (κ2) is 6.68. The van der Waals surface area contributed by atoms with E-state index in [2.05, 4.69) is 20.8 Å². The molecule has 0 aromatic heterocycles. The van der Waals surface area contributed by atoms with Crippen LogP contribution in [0.1, 0.15) is 52.9 Å². The number of halogens is 1. The molecule has 0 heterocycles. The van der Waals surface area contributed by atoms with Gasteiger partial charge in [0.25, 0.3) is 0 Å². The van der Waals surface area contributed by atoms with Gasteiger partial charge >= 0.3 is 0 Å². The average Bonchev–Trinajstić information content (AvgIpc) is 2.23. The molecule has 0 radical (unpaired) electrons. The zero-order valence-corrected chi connectivity index (χ0v) is 10.8. The number of nitrogens with zero attached hydrogens (tertiary/aromatic N) is 1. The molecule has 0 N–H and O–H groups in total. The van der Waals surface area contributed by atoms with Gasteiger partial charge in [-0.1, -0.05) is 6.42 Å². The summed E-state index contributed by atoms with van der Waals surface area (Å²) in [7, 11) is 0. The van der Waals surface area contributed by atoms with Crippen molar-refractivity contribution < 1.29 is 16.9 Å². The van der Waals surface area contributed by atoms with E-state index >= 15 is 0 Å². The first-order valence-corrected chi connectivity index (χ1v) is 6.14. The molecule has 0 aromatic carbocycles. The molecule has 0 atom stereocenters. The van der Waals surface area contributed by atoms with Crippen molar-refractivity contribution >= 4 is 0 Å². The summed E-state index contributed by atoms with van der Waals surface area (Å²) in [5.74, 6) is 0. The Labute approximate surface area is 95.9 Å². The Morgan fingerprint density at radius 2 is 1.29 bits per heavy atom. The van der Waals surface area contributed by atoms with E-state index in [1.54, 1.807) is 0 Å². The third-order valence-electron chi connectivity index (χ3n) is 4.24. The maximum absolute atomic E-state index is 2.36. The molecule has 0 bridgehead atoms. The number of hydrogen-bond acceptors (Lipinski definition) is 0. The zero-order valence-electron chi connectivity index (χ0n) is 10.1. The first-order valence-electron chi connectivity index (χ1n) is 6.14. The standard InChI is InChI=1S/C12H26N.ClH/c1-4-13(5-2,6-3)12-10-8-7-9-11-12;/h12H,4-11H2,1-3H3;1H/q+1;/p-1. The average molecular weight is 220 g/mol. The van der Waals surface area contributed by atoms with Crippen molar-refractivity contribution in [2.24, 2.45) is 0 Å². The summed E-state index contributed by atoms with van der Waals surface area (Å²) in [5, 5.41) is 0. The van der Waals surface area contributed by atoms with Gasteiger partial charge in [-0.25, -0.2) is 0 Å². The monoisotopic (exact) mass is 219 g/mol. The molecule has 0 saturated heterocycles. The van der Waals surface area contributed by atoms with Gasteiger partial charge < -0.3 is 16.9 Å². The highest BCUT2D eigenvalue weighted by atomic mass is 35.5. The quantitative estimate of drug-likeness (QED) is 0.593. The maximum atomic E-state index is 2.36. The molecule has 86 valence electrons. The normalized spacial score (nSPS) is 19.1. The smallest absolute Gasteiger partial charge is 0.0890 e. The summed E-state index contributed by atoms with van der Waals surface area (Å²) in [6.07, 6.45) is 7.40. The predicted octanol–water partition coefficient (Wildman–Crippen LogP) is 0.200. The van der Waals surface area contributed by atoms with Crippen LogP contribution in [-0.2, 0) is 0 Å². The van der Waals surface area contributed by atoms with Crippen LogP contribution in [0.2, 0.25) is 0 Å². The van der Waals surface area contributed by atoms with E-state index < -0.39 is 0 Å². The van der Waals surface area contributed by atoms with Gasteiger partial charge in [-0.15, -0.1) is 0 Å². The minimum Gasteiger partial charge on any atom is -1.00 e. The maximum Gasteiger partial charge on any atom is 0.0890 e. The molecule has 0 unspecified atom stereocenters. The van der Waals surface area contributed by atoms with E-state index in [0.29, 0.717) is 0 Å². The fourth-order valence-corrected chi connectivity index (χ4v) is 3.07. The molecular weight excluding hydrogens is 194 g/mol. The van der Waals surface area contributed by atoms with Gasteiger partial charge in [0.1, 0.15) is 0 Å². The van der Waals surface area contributed by atoms with Gasteiger partial charge in [-0.2, -0.15) is 0 Å². The van der Waals surface area contributed by atoms with Crippen molar-refractivity contribution in [1.82, 2.24) is 0 Å².